The number of aryl methyl sites for hydroxylation is 2. The van der Waals surface area contributed by atoms with Crippen molar-refractivity contribution in [1.29, 1.82) is 0 Å². The number of nitrogens with zero attached hydrogens (tertiary/aromatic N) is 3. The summed E-state index contributed by atoms with van der Waals surface area (Å²) >= 11 is 0. The van der Waals surface area contributed by atoms with Crippen molar-refractivity contribution in [1.82, 2.24) is 14.8 Å². The number of carbonyl (C=O) groups excluding carboxylic acids is 1. The first-order chi connectivity index (χ1) is 16.5. The third kappa shape index (κ3) is 3.03. The fraction of sp³-hybridized carbons (Fsp3) is 0.115. The van der Waals surface area contributed by atoms with Gasteiger partial charge in [-0.1, -0.05) is 18.2 Å². The third-order valence-corrected chi connectivity index (χ3v) is 5.93. The number of hydrogen-bond acceptors (Lipinski definition) is 6. The number of hydrogen-bond donors (Lipinski definition) is 1. The molecule has 0 bridgehead atoms. The van der Waals surface area contributed by atoms with Crippen LogP contribution in [0.3, 0.4) is 0 Å². The Morgan fingerprint density at radius 1 is 1.06 bits per heavy atom. The van der Waals surface area contributed by atoms with Gasteiger partial charge in [0.2, 0.25) is 0 Å². The number of rotatable bonds is 4. The number of carbonyl (C=O) groups is 1. The molecule has 1 N–H and O–H groups in total. The topological polar surface area (TPSA) is 95.3 Å². The van der Waals surface area contributed by atoms with Crippen LogP contribution in [-0.2, 0) is 7.05 Å². The molecule has 8 heteroatoms. The SMILES string of the molecule is COc1cc2c(cc1NC(=O)c1cc(-c3ccco3)nc3c1c(C)nn3C)oc1ccccc12. The molecule has 4 aromatic heterocycles. The number of anilines is 1. The lowest BCUT2D eigenvalue weighted by Gasteiger charge is -2.12. The van der Waals surface area contributed by atoms with Crippen LogP contribution >= 0.6 is 0 Å². The van der Waals surface area contributed by atoms with E-state index in [0.717, 1.165) is 16.4 Å². The molecule has 2 aromatic carbocycles. The number of ether oxygens (including phenoxy) is 1. The summed E-state index contributed by atoms with van der Waals surface area (Å²) in [6.07, 6.45) is 1.57. The lowest BCUT2D eigenvalue weighted by molar-refractivity contribution is 0.102. The first-order valence-corrected chi connectivity index (χ1v) is 10.7. The Bertz CT molecular complexity index is 1710. The summed E-state index contributed by atoms with van der Waals surface area (Å²) in [5.74, 6) is 0.785. The summed E-state index contributed by atoms with van der Waals surface area (Å²) in [6.45, 7) is 1.86. The molecular formula is C26H20N4O4. The van der Waals surface area contributed by atoms with Crippen molar-refractivity contribution in [2.45, 2.75) is 6.92 Å². The van der Waals surface area contributed by atoms with Gasteiger partial charge in [0.1, 0.15) is 22.6 Å². The Labute approximate surface area is 193 Å². The van der Waals surface area contributed by atoms with Crippen molar-refractivity contribution in [3.8, 4) is 17.2 Å². The van der Waals surface area contributed by atoms with Gasteiger partial charge in [0.15, 0.2) is 11.4 Å². The number of nitrogens with one attached hydrogen (secondary N) is 1. The van der Waals surface area contributed by atoms with E-state index in [1.165, 1.54) is 0 Å². The van der Waals surface area contributed by atoms with Gasteiger partial charge < -0.3 is 18.9 Å². The van der Waals surface area contributed by atoms with E-state index in [-0.39, 0.29) is 5.91 Å². The van der Waals surface area contributed by atoms with E-state index < -0.39 is 0 Å². The maximum atomic E-state index is 13.6. The number of benzene rings is 2. The van der Waals surface area contributed by atoms with Gasteiger partial charge in [0.05, 0.1) is 35.7 Å². The second-order valence-electron chi connectivity index (χ2n) is 8.04. The van der Waals surface area contributed by atoms with Gasteiger partial charge >= 0.3 is 0 Å². The quantitative estimate of drug-likeness (QED) is 0.369. The molecule has 6 rings (SSSR count). The maximum Gasteiger partial charge on any atom is 0.256 e. The molecule has 0 aliphatic carbocycles. The predicted molar refractivity (Wildman–Crippen MR) is 129 cm³/mol. The zero-order chi connectivity index (χ0) is 23.4. The van der Waals surface area contributed by atoms with E-state index in [1.54, 1.807) is 49.4 Å². The van der Waals surface area contributed by atoms with Crippen LogP contribution in [0.1, 0.15) is 16.1 Å². The first-order valence-electron chi connectivity index (χ1n) is 10.7. The van der Waals surface area contributed by atoms with Crippen molar-refractivity contribution < 1.29 is 18.4 Å². The Hall–Kier alpha value is -4.59. The standard InChI is InChI=1S/C26H20N4O4/c1-14-24-17(11-18(21-9-6-10-33-21)27-25(24)30(2)29-14)26(31)28-19-13-22-16(12-23(19)32-3)15-7-4-5-8-20(15)34-22/h4-13H,1-3H3,(H,28,31). The average molecular weight is 452 g/mol. The van der Waals surface area contributed by atoms with Gasteiger partial charge in [-0.15, -0.1) is 0 Å². The fourth-order valence-corrected chi connectivity index (χ4v) is 4.38. The molecule has 0 aliphatic rings. The van der Waals surface area contributed by atoms with E-state index in [0.29, 0.717) is 50.8 Å². The van der Waals surface area contributed by atoms with Crippen molar-refractivity contribution in [3.05, 3.63) is 72.1 Å². The van der Waals surface area contributed by atoms with Crippen molar-refractivity contribution >= 4 is 44.6 Å². The third-order valence-electron chi connectivity index (χ3n) is 5.93. The number of aromatic nitrogens is 3. The number of fused-ring (bicyclic) bond motifs is 4. The van der Waals surface area contributed by atoms with Crippen LogP contribution in [0.2, 0.25) is 0 Å². The van der Waals surface area contributed by atoms with Crippen LogP contribution in [-0.4, -0.2) is 27.8 Å². The number of amides is 1. The van der Waals surface area contributed by atoms with Crippen LogP contribution in [0.5, 0.6) is 5.75 Å². The van der Waals surface area contributed by atoms with Crippen molar-refractivity contribution in [2.24, 2.45) is 7.05 Å². The van der Waals surface area contributed by atoms with E-state index in [4.69, 9.17) is 13.6 Å². The van der Waals surface area contributed by atoms with E-state index >= 15 is 0 Å². The van der Waals surface area contributed by atoms with E-state index in [2.05, 4.69) is 15.4 Å². The zero-order valence-electron chi connectivity index (χ0n) is 18.7. The summed E-state index contributed by atoms with van der Waals surface area (Å²) in [5.41, 5.74) is 4.22. The minimum atomic E-state index is -0.315. The number of methoxy groups -OCH3 is 1. The fourth-order valence-electron chi connectivity index (χ4n) is 4.38. The van der Waals surface area contributed by atoms with Crippen LogP contribution in [0.15, 0.2) is 69.7 Å². The molecule has 34 heavy (non-hydrogen) atoms. The largest absolute Gasteiger partial charge is 0.495 e. The van der Waals surface area contributed by atoms with Crippen molar-refractivity contribution in [2.75, 3.05) is 12.4 Å². The summed E-state index contributed by atoms with van der Waals surface area (Å²) in [5, 5.41) is 10.0. The van der Waals surface area contributed by atoms with E-state index in [1.807, 2.05) is 37.3 Å². The summed E-state index contributed by atoms with van der Waals surface area (Å²) in [7, 11) is 3.37. The van der Waals surface area contributed by atoms with Crippen LogP contribution in [0.25, 0.3) is 44.4 Å². The molecule has 168 valence electrons. The van der Waals surface area contributed by atoms with Crippen LogP contribution < -0.4 is 10.1 Å². The molecule has 0 saturated carbocycles. The Kier molecular flexibility index (Phi) is 4.41. The highest BCUT2D eigenvalue weighted by atomic mass is 16.5. The second-order valence-corrected chi connectivity index (χ2v) is 8.04. The highest BCUT2D eigenvalue weighted by Crippen LogP contribution is 2.37. The van der Waals surface area contributed by atoms with Crippen LogP contribution in [0.4, 0.5) is 5.69 Å². The summed E-state index contributed by atoms with van der Waals surface area (Å²) in [4.78, 5) is 18.3. The van der Waals surface area contributed by atoms with Crippen molar-refractivity contribution in [3.63, 3.8) is 0 Å². The Balaban J connectivity index is 1.48. The second kappa shape index (κ2) is 7.48. The normalized spacial score (nSPS) is 11.5. The Morgan fingerprint density at radius 3 is 2.71 bits per heavy atom. The minimum Gasteiger partial charge on any atom is -0.495 e. The van der Waals surface area contributed by atoms with Gasteiger partial charge in [0, 0.05) is 23.9 Å². The van der Waals surface area contributed by atoms with Gasteiger partial charge in [-0.25, -0.2) is 4.98 Å². The van der Waals surface area contributed by atoms with Crippen LogP contribution in [0, 0.1) is 6.92 Å². The highest BCUT2D eigenvalue weighted by Gasteiger charge is 2.22. The lowest BCUT2D eigenvalue weighted by atomic mass is 10.1. The molecule has 0 saturated heterocycles. The van der Waals surface area contributed by atoms with Gasteiger partial charge in [-0.2, -0.15) is 5.10 Å². The number of pyridine rings is 1. The molecule has 6 aromatic rings. The molecule has 4 heterocycles. The zero-order valence-corrected chi connectivity index (χ0v) is 18.7. The molecular weight excluding hydrogens is 432 g/mol. The van der Waals surface area contributed by atoms with E-state index in [9.17, 15) is 4.79 Å². The molecule has 0 spiro atoms. The first kappa shape index (κ1) is 20.0. The molecule has 0 aliphatic heterocycles. The molecule has 0 atom stereocenters. The average Bonchev–Trinajstić information content (AvgIpc) is 3.56. The van der Waals surface area contributed by atoms with Gasteiger partial charge in [-0.05, 0) is 37.3 Å². The van der Waals surface area contributed by atoms with Gasteiger partial charge in [-0.3, -0.25) is 9.48 Å². The minimum absolute atomic E-state index is 0.315. The maximum absolute atomic E-state index is 13.6. The number of furan rings is 2. The summed E-state index contributed by atoms with van der Waals surface area (Å²) < 4.78 is 18.8. The predicted octanol–water partition coefficient (Wildman–Crippen LogP) is 5.70. The molecule has 1 amide bonds. The highest BCUT2D eigenvalue weighted by molar-refractivity contribution is 6.15. The Morgan fingerprint density at radius 2 is 1.91 bits per heavy atom. The molecule has 0 fully saturated rings. The lowest BCUT2D eigenvalue weighted by Crippen LogP contribution is -2.14. The summed E-state index contributed by atoms with van der Waals surface area (Å²) in [6, 6.07) is 16.8. The smallest absolute Gasteiger partial charge is 0.256 e. The number of para-hydroxylation sites is 1. The molecule has 8 nitrogen and oxygen atoms in total. The monoisotopic (exact) mass is 452 g/mol. The molecule has 0 radical (unpaired) electrons. The molecule has 0 unspecified atom stereocenters. The van der Waals surface area contributed by atoms with Gasteiger partial charge in [0.25, 0.3) is 5.91 Å².